The van der Waals surface area contributed by atoms with Crippen molar-refractivity contribution in [2.75, 3.05) is 19.0 Å². The Morgan fingerprint density at radius 1 is 1.35 bits per heavy atom. The van der Waals surface area contributed by atoms with Crippen LogP contribution in [0.25, 0.3) is 10.9 Å². The number of nitrogens with one attached hydrogen (secondary N) is 1. The van der Waals surface area contributed by atoms with Gasteiger partial charge in [0.05, 0.1) is 18.2 Å². The molecule has 4 rings (SSSR count). The predicted molar refractivity (Wildman–Crippen MR) is 105 cm³/mol. The van der Waals surface area contributed by atoms with E-state index in [0.29, 0.717) is 11.7 Å². The zero-order valence-corrected chi connectivity index (χ0v) is 16.5. The summed E-state index contributed by atoms with van der Waals surface area (Å²) in [5.41, 5.74) is 2.08. The first-order valence-electron chi connectivity index (χ1n) is 9.18. The van der Waals surface area contributed by atoms with Crippen LogP contribution < -0.4 is 5.32 Å². The van der Waals surface area contributed by atoms with Gasteiger partial charge in [-0.2, -0.15) is 0 Å². The predicted octanol–water partition coefficient (Wildman–Crippen LogP) is 4.69. The summed E-state index contributed by atoms with van der Waals surface area (Å²) >= 11 is 3.53. The Morgan fingerprint density at radius 2 is 2.15 bits per heavy atom. The summed E-state index contributed by atoms with van der Waals surface area (Å²) < 4.78 is 12.0. The van der Waals surface area contributed by atoms with Gasteiger partial charge in [0.25, 0.3) is 0 Å². The average Bonchev–Trinajstić information content (AvgIpc) is 3.08. The molecule has 1 unspecified atom stereocenters. The third kappa shape index (κ3) is 3.45. The molecule has 1 atom stereocenters. The van der Waals surface area contributed by atoms with E-state index in [1.165, 1.54) is 20.0 Å². The van der Waals surface area contributed by atoms with Crippen molar-refractivity contribution in [1.29, 1.82) is 0 Å². The topological polar surface area (TPSA) is 60.5 Å². The molecule has 1 aliphatic heterocycles. The van der Waals surface area contributed by atoms with Crippen LogP contribution in [-0.4, -0.2) is 36.3 Å². The first-order chi connectivity index (χ1) is 12.6. The standard InChI is InChI=1S/C20H23BrN2O3/c1-25-19(24)18-11-17(15-10-13(21)4-5-16(15)23-18)22-14-6-9-26-20(12-14)7-2-3-8-20/h4-5,10-11,14H,2-3,6-9,12H2,1H3,(H,22,23). The van der Waals surface area contributed by atoms with Crippen LogP contribution in [0.5, 0.6) is 0 Å². The summed E-state index contributed by atoms with van der Waals surface area (Å²) in [7, 11) is 1.38. The Balaban J connectivity index is 1.67. The highest BCUT2D eigenvalue weighted by Crippen LogP contribution is 2.41. The molecule has 2 aliphatic rings. The third-order valence-electron chi connectivity index (χ3n) is 5.53. The highest BCUT2D eigenvalue weighted by molar-refractivity contribution is 9.10. The van der Waals surface area contributed by atoms with Gasteiger partial charge in [0, 0.05) is 28.2 Å². The molecule has 1 aromatic carbocycles. The molecule has 5 nitrogen and oxygen atoms in total. The maximum atomic E-state index is 12.0. The molecule has 1 aromatic heterocycles. The molecular weight excluding hydrogens is 396 g/mol. The molecule has 0 radical (unpaired) electrons. The van der Waals surface area contributed by atoms with Crippen molar-refractivity contribution in [3.63, 3.8) is 0 Å². The van der Waals surface area contributed by atoms with Gasteiger partial charge in [-0.05, 0) is 49.9 Å². The largest absolute Gasteiger partial charge is 0.464 e. The van der Waals surface area contributed by atoms with Crippen molar-refractivity contribution in [3.05, 3.63) is 34.4 Å². The third-order valence-corrected chi connectivity index (χ3v) is 6.03. The van der Waals surface area contributed by atoms with Crippen molar-refractivity contribution >= 4 is 38.5 Å². The van der Waals surface area contributed by atoms with Gasteiger partial charge < -0.3 is 14.8 Å². The molecule has 138 valence electrons. The molecule has 0 bridgehead atoms. The normalized spacial score (nSPS) is 21.8. The van der Waals surface area contributed by atoms with E-state index < -0.39 is 5.97 Å². The van der Waals surface area contributed by atoms with Gasteiger partial charge in [0.1, 0.15) is 0 Å². The maximum Gasteiger partial charge on any atom is 0.356 e. The second-order valence-electron chi connectivity index (χ2n) is 7.28. The molecule has 1 N–H and O–H groups in total. The van der Waals surface area contributed by atoms with Gasteiger partial charge in [-0.3, -0.25) is 0 Å². The smallest absolute Gasteiger partial charge is 0.356 e. The Kier molecular flexibility index (Phi) is 4.88. The number of esters is 1. The van der Waals surface area contributed by atoms with Gasteiger partial charge in [-0.1, -0.05) is 28.8 Å². The number of hydrogen-bond donors (Lipinski definition) is 1. The first kappa shape index (κ1) is 17.7. The van der Waals surface area contributed by atoms with Crippen LogP contribution in [0.15, 0.2) is 28.7 Å². The molecule has 2 aromatic rings. The van der Waals surface area contributed by atoms with E-state index in [-0.39, 0.29) is 5.60 Å². The van der Waals surface area contributed by atoms with Crippen molar-refractivity contribution in [2.24, 2.45) is 0 Å². The van der Waals surface area contributed by atoms with Crippen molar-refractivity contribution in [3.8, 4) is 0 Å². The fourth-order valence-corrected chi connectivity index (χ4v) is 4.63. The number of ether oxygens (including phenoxy) is 2. The summed E-state index contributed by atoms with van der Waals surface area (Å²) in [5, 5.41) is 4.67. The molecule has 1 spiro atoms. The number of carbonyl (C=O) groups excluding carboxylic acids is 1. The number of nitrogens with zero attached hydrogens (tertiary/aromatic N) is 1. The van der Waals surface area contributed by atoms with E-state index in [1.807, 2.05) is 18.2 Å². The summed E-state index contributed by atoms with van der Waals surface area (Å²) in [4.78, 5) is 16.5. The Labute approximate surface area is 161 Å². The number of benzene rings is 1. The molecular formula is C20H23BrN2O3. The minimum absolute atomic E-state index is 0.0461. The maximum absolute atomic E-state index is 12.0. The number of hydrogen-bond acceptors (Lipinski definition) is 5. The first-order valence-corrected chi connectivity index (χ1v) is 9.97. The molecule has 2 fully saturated rings. The number of methoxy groups -OCH3 is 1. The van der Waals surface area contributed by atoms with Crippen LogP contribution >= 0.6 is 15.9 Å². The number of rotatable bonds is 3. The Morgan fingerprint density at radius 3 is 2.92 bits per heavy atom. The number of anilines is 1. The minimum Gasteiger partial charge on any atom is -0.464 e. The fraction of sp³-hybridized carbons (Fsp3) is 0.500. The number of fused-ring (bicyclic) bond motifs is 1. The van der Waals surface area contributed by atoms with Gasteiger partial charge in [-0.25, -0.2) is 9.78 Å². The van der Waals surface area contributed by atoms with Crippen LogP contribution in [0.1, 0.15) is 49.0 Å². The minimum atomic E-state index is -0.419. The monoisotopic (exact) mass is 418 g/mol. The highest BCUT2D eigenvalue weighted by Gasteiger charge is 2.40. The van der Waals surface area contributed by atoms with Gasteiger partial charge in [-0.15, -0.1) is 0 Å². The van der Waals surface area contributed by atoms with Crippen molar-refractivity contribution < 1.29 is 14.3 Å². The van der Waals surface area contributed by atoms with E-state index in [4.69, 9.17) is 9.47 Å². The quantitative estimate of drug-likeness (QED) is 0.732. The summed E-state index contributed by atoms with van der Waals surface area (Å²) in [6.45, 7) is 0.786. The van der Waals surface area contributed by atoms with Crippen molar-refractivity contribution in [2.45, 2.75) is 50.2 Å². The Hall–Kier alpha value is -1.66. The van der Waals surface area contributed by atoms with Gasteiger partial charge in [0.15, 0.2) is 5.69 Å². The van der Waals surface area contributed by atoms with E-state index in [2.05, 4.69) is 26.2 Å². The second-order valence-corrected chi connectivity index (χ2v) is 8.20. The molecule has 1 saturated heterocycles. The lowest BCUT2D eigenvalue weighted by molar-refractivity contribution is -0.0766. The van der Waals surface area contributed by atoms with Crippen molar-refractivity contribution in [1.82, 2.24) is 4.98 Å². The highest BCUT2D eigenvalue weighted by atomic mass is 79.9. The zero-order chi connectivity index (χ0) is 18.1. The molecule has 0 amide bonds. The van der Waals surface area contributed by atoms with E-state index in [1.54, 1.807) is 6.07 Å². The van der Waals surface area contributed by atoms with E-state index in [0.717, 1.165) is 53.4 Å². The lowest BCUT2D eigenvalue weighted by atomic mass is 9.88. The summed E-state index contributed by atoms with van der Waals surface area (Å²) in [5.74, 6) is -0.419. The van der Waals surface area contributed by atoms with Crippen LogP contribution in [0.4, 0.5) is 5.69 Å². The van der Waals surface area contributed by atoms with Crippen LogP contribution in [0.3, 0.4) is 0 Å². The number of pyridine rings is 1. The molecule has 1 aliphatic carbocycles. The number of halogens is 1. The van der Waals surface area contributed by atoms with E-state index in [9.17, 15) is 4.79 Å². The lowest BCUT2D eigenvalue weighted by Crippen LogP contribution is -2.42. The fourth-order valence-electron chi connectivity index (χ4n) is 4.27. The average molecular weight is 419 g/mol. The van der Waals surface area contributed by atoms with Gasteiger partial charge >= 0.3 is 5.97 Å². The number of carbonyl (C=O) groups is 1. The van der Waals surface area contributed by atoms with Crippen LogP contribution in [0, 0.1) is 0 Å². The number of aromatic nitrogens is 1. The van der Waals surface area contributed by atoms with E-state index >= 15 is 0 Å². The zero-order valence-electron chi connectivity index (χ0n) is 14.9. The summed E-state index contributed by atoms with van der Waals surface area (Å²) in [6.07, 6.45) is 6.79. The molecule has 6 heteroatoms. The second kappa shape index (κ2) is 7.16. The molecule has 1 saturated carbocycles. The van der Waals surface area contributed by atoms with Crippen LogP contribution in [-0.2, 0) is 9.47 Å². The summed E-state index contributed by atoms with van der Waals surface area (Å²) in [6, 6.07) is 8.02. The van der Waals surface area contributed by atoms with Gasteiger partial charge in [0.2, 0.25) is 0 Å². The molecule has 26 heavy (non-hydrogen) atoms. The lowest BCUT2D eigenvalue weighted by Gasteiger charge is -2.39. The Bertz CT molecular complexity index is 833. The molecule has 2 heterocycles. The van der Waals surface area contributed by atoms with Crippen LogP contribution in [0.2, 0.25) is 0 Å². The SMILES string of the molecule is COC(=O)c1cc(NC2CCOC3(CCCC3)C2)c2cc(Br)ccc2n1.